The second-order valence-corrected chi connectivity index (χ2v) is 6.31. The molecule has 23 heavy (non-hydrogen) atoms. The SMILES string of the molecule is Cc1n[nH]c(=S)n(-c2cc(OC3CCCC3)c(Cl)cc2F)c1=O. The molecule has 2 aromatic rings. The summed E-state index contributed by atoms with van der Waals surface area (Å²) in [5.41, 5.74) is -0.299. The van der Waals surface area contributed by atoms with Crippen LogP contribution in [0.3, 0.4) is 0 Å². The van der Waals surface area contributed by atoms with Crippen molar-refractivity contribution in [2.24, 2.45) is 0 Å². The van der Waals surface area contributed by atoms with Gasteiger partial charge in [-0.15, -0.1) is 0 Å². The fraction of sp³-hybridized carbons (Fsp3) is 0.400. The molecule has 0 bridgehead atoms. The number of aromatic amines is 1. The zero-order chi connectivity index (χ0) is 16.6. The van der Waals surface area contributed by atoms with E-state index in [2.05, 4.69) is 10.2 Å². The Bertz CT molecular complexity index is 859. The first-order valence-corrected chi connectivity index (χ1v) is 8.10. The van der Waals surface area contributed by atoms with Crippen LogP contribution >= 0.6 is 23.8 Å². The molecule has 3 rings (SSSR count). The molecule has 1 aromatic carbocycles. The van der Waals surface area contributed by atoms with E-state index in [1.807, 2.05) is 0 Å². The number of nitrogens with zero attached hydrogens (tertiary/aromatic N) is 2. The largest absolute Gasteiger partial charge is 0.489 e. The number of nitrogens with one attached hydrogen (secondary N) is 1. The van der Waals surface area contributed by atoms with E-state index in [0.717, 1.165) is 36.3 Å². The number of ether oxygens (including phenoxy) is 1. The molecule has 1 N–H and O–H groups in total. The lowest BCUT2D eigenvalue weighted by molar-refractivity contribution is 0.210. The molecule has 0 radical (unpaired) electrons. The molecule has 122 valence electrons. The van der Waals surface area contributed by atoms with E-state index in [4.69, 9.17) is 28.6 Å². The summed E-state index contributed by atoms with van der Waals surface area (Å²) >= 11 is 11.1. The van der Waals surface area contributed by atoms with E-state index in [0.29, 0.717) is 5.75 Å². The van der Waals surface area contributed by atoms with Crippen molar-refractivity contribution in [2.75, 3.05) is 0 Å². The maximum Gasteiger partial charge on any atom is 0.280 e. The van der Waals surface area contributed by atoms with Crippen LogP contribution in [0.25, 0.3) is 5.69 Å². The number of benzene rings is 1. The first-order chi connectivity index (χ1) is 11.0. The van der Waals surface area contributed by atoms with Crippen LogP contribution in [0.1, 0.15) is 31.4 Å². The Balaban J connectivity index is 2.11. The standard InChI is InChI=1S/C15H15ClFN3O2S/c1-8-14(21)20(15(23)19-18-8)12-7-13(10(16)6-11(12)17)22-9-4-2-3-5-9/h6-7,9H,2-5H2,1H3,(H,19,23). The molecule has 1 heterocycles. The molecular formula is C15H15ClFN3O2S. The quantitative estimate of drug-likeness (QED) is 0.852. The highest BCUT2D eigenvalue weighted by Crippen LogP contribution is 2.32. The van der Waals surface area contributed by atoms with Crippen molar-refractivity contribution in [2.45, 2.75) is 38.7 Å². The summed E-state index contributed by atoms with van der Waals surface area (Å²) in [4.78, 5) is 12.3. The Morgan fingerprint density at radius 3 is 2.83 bits per heavy atom. The molecule has 0 saturated heterocycles. The number of hydrogen-bond donors (Lipinski definition) is 1. The Morgan fingerprint density at radius 1 is 1.43 bits per heavy atom. The zero-order valence-corrected chi connectivity index (χ0v) is 14.0. The molecule has 1 aliphatic carbocycles. The van der Waals surface area contributed by atoms with E-state index in [1.54, 1.807) is 0 Å². The highest BCUT2D eigenvalue weighted by molar-refractivity contribution is 7.71. The fourth-order valence-corrected chi connectivity index (χ4v) is 3.09. The molecule has 0 amide bonds. The molecule has 1 aromatic heterocycles. The van der Waals surface area contributed by atoms with Crippen LogP contribution in [0.5, 0.6) is 5.75 Å². The van der Waals surface area contributed by atoms with Crippen molar-refractivity contribution in [3.05, 3.63) is 43.8 Å². The van der Waals surface area contributed by atoms with Crippen LogP contribution in [0, 0.1) is 17.5 Å². The minimum Gasteiger partial charge on any atom is -0.489 e. The lowest BCUT2D eigenvalue weighted by Crippen LogP contribution is -2.25. The molecule has 8 heteroatoms. The van der Waals surface area contributed by atoms with Crippen molar-refractivity contribution < 1.29 is 9.13 Å². The van der Waals surface area contributed by atoms with Gasteiger partial charge in [0.15, 0.2) is 0 Å². The van der Waals surface area contributed by atoms with Crippen molar-refractivity contribution in [1.29, 1.82) is 0 Å². The number of hydrogen-bond acceptors (Lipinski definition) is 4. The molecule has 0 aliphatic heterocycles. The number of rotatable bonds is 3. The summed E-state index contributed by atoms with van der Waals surface area (Å²) in [6, 6.07) is 2.55. The summed E-state index contributed by atoms with van der Waals surface area (Å²) < 4.78 is 21.3. The Hall–Kier alpha value is -1.73. The van der Waals surface area contributed by atoms with Gasteiger partial charge in [-0.25, -0.2) is 8.96 Å². The molecule has 1 aliphatic rings. The Labute approximate surface area is 142 Å². The van der Waals surface area contributed by atoms with Crippen LogP contribution in [0.15, 0.2) is 16.9 Å². The maximum atomic E-state index is 14.3. The average molecular weight is 356 g/mol. The third-order valence-corrected chi connectivity index (χ3v) is 4.44. The molecule has 1 fully saturated rings. The zero-order valence-electron chi connectivity index (χ0n) is 12.4. The van der Waals surface area contributed by atoms with Crippen molar-refractivity contribution in [3.8, 4) is 11.4 Å². The number of aromatic nitrogens is 3. The second kappa shape index (κ2) is 6.41. The first kappa shape index (κ1) is 16.1. The number of halogens is 2. The fourth-order valence-electron chi connectivity index (χ4n) is 2.67. The molecule has 5 nitrogen and oxygen atoms in total. The minimum absolute atomic E-state index is 0.000790. The van der Waals surface area contributed by atoms with Crippen molar-refractivity contribution in [1.82, 2.24) is 14.8 Å². The summed E-state index contributed by atoms with van der Waals surface area (Å²) in [5.74, 6) is -0.299. The van der Waals surface area contributed by atoms with Crippen LogP contribution in [-0.4, -0.2) is 20.9 Å². The van der Waals surface area contributed by atoms with Gasteiger partial charge in [-0.05, 0) is 50.9 Å². The lowest BCUT2D eigenvalue weighted by atomic mass is 10.2. The molecule has 1 saturated carbocycles. The summed E-state index contributed by atoms with van der Waals surface area (Å²) in [6.45, 7) is 1.52. The highest BCUT2D eigenvalue weighted by atomic mass is 35.5. The van der Waals surface area contributed by atoms with E-state index >= 15 is 0 Å². The van der Waals surface area contributed by atoms with Crippen molar-refractivity contribution >= 4 is 23.8 Å². The third kappa shape index (κ3) is 3.16. The summed E-state index contributed by atoms with van der Waals surface area (Å²) in [6.07, 6.45) is 4.15. The van der Waals surface area contributed by atoms with Gasteiger partial charge in [0, 0.05) is 6.07 Å². The van der Waals surface area contributed by atoms with Crippen LogP contribution in [-0.2, 0) is 0 Å². The predicted molar refractivity (Wildman–Crippen MR) is 87.6 cm³/mol. The van der Waals surface area contributed by atoms with E-state index in [9.17, 15) is 9.18 Å². The lowest BCUT2D eigenvalue weighted by Gasteiger charge is -2.16. The molecule has 0 unspecified atom stereocenters. The molecule has 0 spiro atoms. The van der Waals surface area contributed by atoms with Gasteiger partial charge in [-0.1, -0.05) is 11.6 Å². The maximum absolute atomic E-state index is 14.3. The van der Waals surface area contributed by atoms with Gasteiger partial charge >= 0.3 is 0 Å². The van der Waals surface area contributed by atoms with Gasteiger partial charge in [0.2, 0.25) is 4.77 Å². The highest BCUT2D eigenvalue weighted by Gasteiger charge is 2.20. The average Bonchev–Trinajstić information content (AvgIpc) is 3.01. The van der Waals surface area contributed by atoms with Crippen LogP contribution in [0.2, 0.25) is 5.02 Å². The van der Waals surface area contributed by atoms with Crippen molar-refractivity contribution in [3.63, 3.8) is 0 Å². The van der Waals surface area contributed by atoms with Gasteiger partial charge in [0.05, 0.1) is 16.8 Å². The van der Waals surface area contributed by atoms with Gasteiger partial charge in [0.25, 0.3) is 5.56 Å². The third-order valence-electron chi connectivity index (χ3n) is 3.87. The summed E-state index contributed by atoms with van der Waals surface area (Å²) in [7, 11) is 0. The number of aryl methyl sites for hydroxylation is 1. The normalized spacial score (nSPS) is 15.1. The van der Waals surface area contributed by atoms with Gasteiger partial charge in [0.1, 0.15) is 17.3 Å². The van der Waals surface area contributed by atoms with E-state index in [1.165, 1.54) is 13.0 Å². The van der Waals surface area contributed by atoms with Crippen LogP contribution in [0.4, 0.5) is 4.39 Å². The molecule has 0 atom stereocenters. The minimum atomic E-state index is -0.652. The Kier molecular flexibility index (Phi) is 4.50. The number of H-pyrrole nitrogens is 1. The second-order valence-electron chi connectivity index (χ2n) is 5.51. The van der Waals surface area contributed by atoms with E-state index in [-0.39, 0.29) is 27.3 Å². The predicted octanol–water partition coefficient (Wildman–Crippen LogP) is 3.71. The monoisotopic (exact) mass is 355 g/mol. The van der Waals surface area contributed by atoms with Crippen LogP contribution < -0.4 is 10.3 Å². The smallest absolute Gasteiger partial charge is 0.280 e. The van der Waals surface area contributed by atoms with Gasteiger partial charge < -0.3 is 4.74 Å². The first-order valence-electron chi connectivity index (χ1n) is 7.32. The Morgan fingerprint density at radius 2 is 2.13 bits per heavy atom. The van der Waals surface area contributed by atoms with E-state index < -0.39 is 11.4 Å². The van der Waals surface area contributed by atoms with Gasteiger partial charge in [-0.2, -0.15) is 5.10 Å². The summed E-state index contributed by atoms with van der Waals surface area (Å²) in [5, 5.41) is 6.48. The molecular weight excluding hydrogens is 341 g/mol. The topological polar surface area (TPSA) is 59.9 Å². The van der Waals surface area contributed by atoms with Gasteiger partial charge in [-0.3, -0.25) is 9.89 Å².